The fraction of sp³-hybridized carbons (Fsp3) is 0.455. The molecule has 0 aliphatic carbocycles. The Bertz CT molecular complexity index is 476. The van der Waals surface area contributed by atoms with E-state index in [9.17, 15) is 0 Å². The van der Waals surface area contributed by atoms with Crippen LogP contribution < -0.4 is 5.73 Å². The second-order valence-corrected chi connectivity index (χ2v) is 4.07. The highest BCUT2D eigenvalue weighted by molar-refractivity contribution is 5.07. The van der Waals surface area contributed by atoms with Crippen LogP contribution in [0.5, 0.6) is 0 Å². The van der Waals surface area contributed by atoms with E-state index in [0.29, 0.717) is 0 Å². The van der Waals surface area contributed by atoms with E-state index >= 15 is 0 Å². The minimum atomic E-state index is -0.369. The quantitative estimate of drug-likeness (QED) is 0.755. The molecule has 6 nitrogen and oxygen atoms in total. The molecule has 0 radical (unpaired) electrons. The van der Waals surface area contributed by atoms with Crippen LogP contribution in [0.4, 0.5) is 0 Å². The molecule has 17 heavy (non-hydrogen) atoms. The van der Waals surface area contributed by atoms with Crippen molar-refractivity contribution in [1.29, 1.82) is 0 Å². The Kier molecular flexibility index (Phi) is 3.55. The van der Waals surface area contributed by atoms with E-state index in [1.807, 2.05) is 24.0 Å². The van der Waals surface area contributed by atoms with Gasteiger partial charge in [-0.2, -0.15) is 5.10 Å². The van der Waals surface area contributed by atoms with Crippen molar-refractivity contribution < 1.29 is 5.11 Å². The van der Waals surface area contributed by atoms with Gasteiger partial charge in [0.05, 0.1) is 30.9 Å². The maximum absolute atomic E-state index is 9.04. The summed E-state index contributed by atoms with van der Waals surface area (Å²) in [4.78, 5) is 4.06. The minimum Gasteiger partial charge on any atom is -0.394 e. The predicted octanol–water partition coefficient (Wildman–Crippen LogP) is -0.149. The van der Waals surface area contributed by atoms with Gasteiger partial charge in [0, 0.05) is 26.0 Å². The van der Waals surface area contributed by atoms with Crippen molar-refractivity contribution >= 4 is 0 Å². The van der Waals surface area contributed by atoms with Crippen LogP contribution in [0.2, 0.25) is 0 Å². The van der Waals surface area contributed by atoms with E-state index in [1.165, 1.54) is 5.56 Å². The maximum Gasteiger partial charge on any atom is 0.0948 e. The lowest BCUT2D eigenvalue weighted by Crippen LogP contribution is -2.19. The van der Waals surface area contributed by atoms with Gasteiger partial charge in [0.2, 0.25) is 0 Å². The van der Waals surface area contributed by atoms with E-state index in [2.05, 4.69) is 10.1 Å². The molecule has 0 saturated carbocycles. The molecule has 6 heteroatoms. The lowest BCUT2D eigenvalue weighted by molar-refractivity contribution is 0.263. The van der Waals surface area contributed by atoms with Crippen LogP contribution in [0.25, 0.3) is 0 Å². The molecule has 0 aromatic carbocycles. The molecule has 0 amide bonds. The molecule has 92 valence electrons. The maximum atomic E-state index is 9.04. The summed E-state index contributed by atoms with van der Waals surface area (Å²) in [5.41, 5.74) is 7.81. The van der Waals surface area contributed by atoms with Crippen LogP contribution in [0, 0.1) is 0 Å². The Hall–Kier alpha value is -1.66. The first-order chi connectivity index (χ1) is 8.20. The smallest absolute Gasteiger partial charge is 0.0948 e. The molecule has 2 aromatic heterocycles. The topological polar surface area (TPSA) is 81.9 Å². The second kappa shape index (κ2) is 5.11. The predicted molar refractivity (Wildman–Crippen MR) is 63.2 cm³/mol. The molecule has 1 atom stereocenters. The lowest BCUT2D eigenvalue weighted by atomic mass is 10.2. The lowest BCUT2D eigenvalue weighted by Gasteiger charge is -2.11. The Labute approximate surface area is 99.7 Å². The van der Waals surface area contributed by atoms with Crippen molar-refractivity contribution in [3.05, 3.63) is 36.2 Å². The highest BCUT2D eigenvalue weighted by Gasteiger charge is 2.10. The highest BCUT2D eigenvalue weighted by atomic mass is 16.3. The zero-order chi connectivity index (χ0) is 12.3. The second-order valence-electron chi connectivity index (χ2n) is 4.07. The molecule has 2 rings (SSSR count). The molecule has 0 saturated heterocycles. The Balaban J connectivity index is 2.01. The first-order valence-corrected chi connectivity index (χ1v) is 5.54. The van der Waals surface area contributed by atoms with Gasteiger partial charge in [0.25, 0.3) is 0 Å². The molecular weight excluding hydrogens is 218 g/mol. The van der Waals surface area contributed by atoms with Crippen molar-refractivity contribution in [1.82, 2.24) is 19.3 Å². The van der Waals surface area contributed by atoms with E-state index in [-0.39, 0.29) is 12.6 Å². The molecule has 0 aliphatic heterocycles. The van der Waals surface area contributed by atoms with Gasteiger partial charge >= 0.3 is 0 Å². The van der Waals surface area contributed by atoms with Gasteiger partial charge in [0.1, 0.15) is 0 Å². The van der Waals surface area contributed by atoms with Gasteiger partial charge < -0.3 is 15.4 Å². The van der Waals surface area contributed by atoms with E-state index in [0.717, 1.165) is 18.7 Å². The summed E-state index contributed by atoms with van der Waals surface area (Å²) in [5.74, 6) is 0. The molecule has 1 unspecified atom stereocenters. The zero-order valence-electron chi connectivity index (χ0n) is 9.82. The molecular formula is C11H17N5O. The van der Waals surface area contributed by atoms with Gasteiger partial charge in [-0.05, 0) is 12.0 Å². The summed E-state index contributed by atoms with van der Waals surface area (Å²) in [6.07, 6.45) is 8.14. The Morgan fingerprint density at radius 1 is 1.47 bits per heavy atom. The van der Waals surface area contributed by atoms with E-state index < -0.39 is 0 Å². The van der Waals surface area contributed by atoms with Gasteiger partial charge in [0.15, 0.2) is 0 Å². The van der Waals surface area contributed by atoms with Gasteiger partial charge in [-0.1, -0.05) is 0 Å². The number of rotatable bonds is 5. The van der Waals surface area contributed by atoms with Gasteiger partial charge in [-0.3, -0.25) is 4.68 Å². The third-order valence-corrected chi connectivity index (χ3v) is 2.72. The number of nitrogens with zero attached hydrogens (tertiary/aromatic N) is 4. The summed E-state index contributed by atoms with van der Waals surface area (Å²) in [6, 6.07) is -0.369. The monoisotopic (exact) mass is 235 g/mol. The number of aryl methyl sites for hydroxylation is 3. The third kappa shape index (κ3) is 2.72. The minimum absolute atomic E-state index is 0.0708. The molecule has 0 bridgehead atoms. The summed E-state index contributed by atoms with van der Waals surface area (Å²) in [5, 5.41) is 13.2. The summed E-state index contributed by atoms with van der Waals surface area (Å²) >= 11 is 0. The molecule has 0 spiro atoms. The first kappa shape index (κ1) is 11.8. The SMILES string of the molecule is Cn1cc(CCn2cncc2C(N)CO)cn1. The number of hydrogen-bond acceptors (Lipinski definition) is 4. The fourth-order valence-corrected chi connectivity index (χ4v) is 1.77. The Morgan fingerprint density at radius 2 is 2.29 bits per heavy atom. The molecule has 3 N–H and O–H groups in total. The van der Waals surface area contributed by atoms with Crippen LogP contribution in [0.1, 0.15) is 17.3 Å². The van der Waals surface area contributed by atoms with Crippen LogP contribution in [0.3, 0.4) is 0 Å². The number of hydrogen-bond donors (Lipinski definition) is 2. The zero-order valence-corrected chi connectivity index (χ0v) is 9.82. The van der Waals surface area contributed by atoms with E-state index in [1.54, 1.807) is 17.2 Å². The fourth-order valence-electron chi connectivity index (χ4n) is 1.77. The van der Waals surface area contributed by atoms with Crippen molar-refractivity contribution in [3.8, 4) is 0 Å². The van der Waals surface area contributed by atoms with Crippen molar-refractivity contribution in [2.45, 2.75) is 19.0 Å². The standard InChI is InChI=1S/C11H17N5O/c1-15-6-9(4-14-15)2-3-16-8-13-5-11(16)10(12)7-17/h4-6,8,10,17H,2-3,7,12H2,1H3. The van der Waals surface area contributed by atoms with Gasteiger partial charge in [-0.25, -0.2) is 4.98 Å². The first-order valence-electron chi connectivity index (χ1n) is 5.54. The van der Waals surface area contributed by atoms with E-state index in [4.69, 9.17) is 10.8 Å². The summed E-state index contributed by atoms with van der Waals surface area (Å²) in [6.45, 7) is 0.716. The normalized spacial score (nSPS) is 12.9. The van der Waals surface area contributed by atoms with Crippen LogP contribution in [-0.2, 0) is 20.0 Å². The van der Waals surface area contributed by atoms with Crippen LogP contribution >= 0.6 is 0 Å². The largest absolute Gasteiger partial charge is 0.394 e. The molecule has 0 fully saturated rings. The van der Waals surface area contributed by atoms with Crippen LogP contribution in [-0.4, -0.2) is 31.0 Å². The third-order valence-electron chi connectivity index (χ3n) is 2.72. The number of aromatic nitrogens is 4. The molecule has 2 heterocycles. The summed E-state index contributed by atoms with van der Waals surface area (Å²) in [7, 11) is 1.90. The number of imidazole rings is 1. The van der Waals surface area contributed by atoms with Crippen molar-refractivity contribution in [3.63, 3.8) is 0 Å². The van der Waals surface area contributed by atoms with Crippen LogP contribution in [0.15, 0.2) is 24.9 Å². The number of aliphatic hydroxyl groups is 1. The molecule has 0 aliphatic rings. The molecule has 2 aromatic rings. The van der Waals surface area contributed by atoms with Crippen molar-refractivity contribution in [2.75, 3.05) is 6.61 Å². The average Bonchev–Trinajstić information content (AvgIpc) is 2.94. The Morgan fingerprint density at radius 3 is 2.94 bits per heavy atom. The summed E-state index contributed by atoms with van der Waals surface area (Å²) < 4.78 is 3.75. The number of aliphatic hydroxyl groups excluding tert-OH is 1. The van der Waals surface area contributed by atoms with Gasteiger partial charge in [-0.15, -0.1) is 0 Å². The number of nitrogens with two attached hydrogens (primary N) is 1. The average molecular weight is 235 g/mol. The van der Waals surface area contributed by atoms with Crippen molar-refractivity contribution in [2.24, 2.45) is 12.8 Å². The highest BCUT2D eigenvalue weighted by Crippen LogP contribution is 2.10.